The molecule has 0 bridgehead atoms. The summed E-state index contributed by atoms with van der Waals surface area (Å²) in [6.07, 6.45) is 3.34. The second kappa shape index (κ2) is 7.27. The molecule has 0 aliphatic heterocycles. The molecule has 122 valence electrons. The summed E-state index contributed by atoms with van der Waals surface area (Å²) in [6.45, 7) is 6.89. The molecule has 0 atom stereocenters. The molecule has 1 aromatic carbocycles. The number of aromatic amines is 1. The standard InChI is InChI=1S/C19H19N3OS/c1-3-11-22(13-16-10-9-14(2)24-16)19(23)17-12-20-18(21-17)15-7-5-4-6-8-15/h3-10,12H,1,11,13H2,2H3,(H,20,21). The average Bonchev–Trinajstić information content (AvgIpc) is 3.24. The molecule has 0 saturated heterocycles. The molecule has 3 aromatic rings. The summed E-state index contributed by atoms with van der Waals surface area (Å²) in [6, 6.07) is 13.9. The SMILES string of the molecule is C=CCN(Cc1ccc(C)s1)C(=O)c1cnc(-c2ccccc2)[nH]1. The minimum absolute atomic E-state index is 0.0735. The van der Waals surface area contributed by atoms with E-state index in [-0.39, 0.29) is 5.91 Å². The maximum Gasteiger partial charge on any atom is 0.272 e. The fourth-order valence-electron chi connectivity index (χ4n) is 2.48. The molecular formula is C19H19N3OS. The molecular weight excluding hydrogens is 318 g/mol. The molecule has 5 heteroatoms. The van der Waals surface area contributed by atoms with Gasteiger partial charge in [0.05, 0.1) is 12.7 Å². The summed E-state index contributed by atoms with van der Waals surface area (Å²) in [5.41, 5.74) is 1.45. The third-order valence-electron chi connectivity index (χ3n) is 3.63. The van der Waals surface area contributed by atoms with Crippen LogP contribution in [-0.2, 0) is 6.54 Å². The molecule has 0 spiro atoms. The summed E-state index contributed by atoms with van der Waals surface area (Å²) in [5, 5.41) is 0. The molecule has 0 unspecified atom stereocenters. The highest BCUT2D eigenvalue weighted by atomic mass is 32.1. The number of amides is 1. The maximum atomic E-state index is 12.8. The highest BCUT2D eigenvalue weighted by Gasteiger charge is 2.18. The van der Waals surface area contributed by atoms with Gasteiger partial charge in [-0.25, -0.2) is 4.98 Å². The number of hydrogen-bond acceptors (Lipinski definition) is 3. The van der Waals surface area contributed by atoms with Crippen molar-refractivity contribution in [3.63, 3.8) is 0 Å². The van der Waals surface area contributed by atoms with E-state index >= 15 is 0 Å². The van der Waals surface area contributed by atoms with Crippen molar-refractivity contribution in [2.75, 3.05) is 6.54 Å². The van der Waals surface area contributed by atoms with Gasteiger partial charge < -0.3 is 9.88 Å². The van der Waals surface area contributed by atoms with Crippen LogP contribution in [-0.4, -0.2) is 27.3 Å². The lowest BCUT2D eigenvalue weighted by Crippen LogP contribution is -2.30. The van der Waals surface area contributed by atoms with Crippen LogP contribution >= 0.6 is 11.3 Å². The summed E-state index contributed by atoms with van der Waals surface area (Å²) < 4.78 is 0. The second-order valence-corrected chi connectivity index (χ2v) is 6.87. The van der Waals surface area contributed by atoms with Gasteiger partial charge >= 0.3 is 0 Å². The van der Waals surface area contributed by atoms with Crippen molar-refractivity contribution < 1.29 is 4.79 Å². The molecule has 0 saturated carbocycles. The molecule has 3 rings (SSSR count). The number of nitrogens with zero attached hydrogens (tertiary/aromatic N) is 2. The third-order valence-corrected chi connectivity index (χ3v) is 4.62. The van der Waals surface area contributed by atoms with Gasteiger partial charge in [-0.1, -0.05) is 36.4 Å². The van der Waals surface area contributed by atoms with E-state index in [2.05, 4.69) is 35.6 Å². The minimum Gasteiger partial charge on any atom is -0.334 e. The normalized spacial score (nSPS) is 10.5. The van der Waals surface area contributed by atoms with E-state index < -0.39 is 0 Å². The van der Waals surface area contributed by atoms with Gasteiger partial charge in [-0.05, 0) is 19.1 Å². The Balaban J connectivity index is 1.80. The monoisotopic (exact) mass is 337 g/mol. The Morgan fingerprint density at radius 1 is 1.29 bits per heavy atom. The van der Waals surface area contributed by atoms with Crippen molar-refractivity contribution >= 4 is 17.2 Å². The predicted octanol–water partition coefficient (Wildman–Crippen LogP) is 4.28. The Kier molecular flexibility index (Phi) is 4.91. The lowest BCUT2D eigenvalue weighted by molar-refractivity contribution is 0.0759. The Morgan fingerprint density at radius 3 is 2.75 bits per heavy atom. The van der Waals surface area contributed by atoms with Crippen LogP contribution in [0.25, 0.3) is 11.4 Å². The first-order chi connectivity index (χ1) is 11.7. The van der Waals surface area contributed by atoms with Crippen LogP contribution in [0.3, 0.4) is 0 Å². The fraction of sp³-hybridized carbons (Fsp3) is 0.158. The van der Waals surface area contributed by atoms with Crippen LogP contribution < -0.4 is 0 Å². The van der Waals surface area contributed by atoms with E-state index in [4.69, 9.17) is 0 Å². The Labute approximate surface area is 145 Å². The number of thiophene rings is 1. The van der Waals surface area contributed by atoms with E-state index in [0.717, 1.165) is 10.4 Å². The van der Waals surface area contributed by atoms with Crippen LogP contribution in [0.4, 0.5) is 0 Å². The quantitative estimate of drug-likeness (QED) is 0.683. The smallest absolute Gasteiger partial charge is 0.272 e. The molecule has 2 heterocycles. The summed E-state index contributed by atoms with van der Waals surface area (Å²) in [5.74, 6) is 0.625. The topological polar surface area (TPSA) is 49.0 Å². The molecule has 24 heavy (non-hydrogen) atoms. The lowest BCUT2D eigenvalue weighted by atomic mass is 10.2. The number of aryl methyl sites for hydroxylation is 1. The molecule has 4 nitrogen and oxygen atoms in total. The van der Waals surface area contributed by atoms with Crippen LogP contribution in [0.1, 0.15) is 20.2 Å². The highest BCUT2D eigenvalue weighted by Crippen LogP contribution is 2.19. The van der Waals surface area contributed by atoms with Crippen molar-refractivity contribution in [3.8, 4) is 11.4 Å². The molecule has 1 amide bonds. The summed E-state index contributed by atoms with van der Waals surface area (Å²) in [4.78, 5) is 24.4. The summed E-state index contributed by atoms with van der Waals surface area (Å²) >= 11 is 1.70. The Morgan fingerprint density at radius 2 is 2.08 bits per heavy atom. The number of benzene rings is 1. The first-order valence-electron chi connectivity index (χ1n) is 7.73. The number of imidazole rings is 1. The zero-order chi connectivity index (χ0) is 16.9. The van der Waals surface area contributed by atoms with Gasteiger partial charge in [0, 0.05) is 21.9 Å². The number of rotatable bonds is 6. The number of carbonyl (C=O) groups is 1. The van der Waals surface area contributed by atoms with Crippen molar-refractivity contribution in [1.29, 1.82) is 0 Å². The summed E-state index contributed by atoms with van der Waals surface area (Å²) in [7, 11) is 0. The Hall–Kier alpha value is -2.66. The first kappa shape index (κ1) is 16.2. The predicted molar refractivity (Wildman–Crippen MR) is 98.0 cm³/mol. The zero-order valence-corrected chi connectivity index (χ0v) is 14.3. The van der Waals surface area contributed by atoms with E-state index in [1.165, 1.54) is 4.88 Å². The fourth-order valence-corrected chi connectivity index (χ4v) is 3.38. The zero-order valence-electron chi connectivity index (χ0n) is 13.5. The molecule has 1 N–H and O–H groups in total. The average molecular weight is 337 g/mol. The van der Waals surface area contributed by atoms with E-state index in [9.17, 15) is 4.79 Å². The van der Waals surface area contributed by atoms with Crippen LogP contribution in [0, 0.1) is 6.92 Å². The molecule has 0 fully saturated rings. The van der Waals surface area contributed by atoms with E-state index in [0.29, 0.717) is 24.6 Å². The van der Waals surface area contributed by atoms with Gasteiger partial charge in [-0.3, -0.25) is 4.79 Å². The minimum atomic E-state index is -0.0735. The van der Waals surface area contributed by atoms with Crippen molar-refractivity contribution in [1.82, 2.24) is 14.9 Å². The van der Waals surface area contributed by atoms with Gasteiger partial charge in [-0.15, -0.1) is 17.9 Å². The lowest BCUT2D eigenvalue weighted by Gasteiger charge is -2.19. The van der Waals surface area contributed by atoms with E-state index in [1.807, 2.05) is 30.3 Å². The number of H-pyrrole nitrogens is 1. The largest absolute Gasteiger partial charge is 0.334 e. The number of carbonyl (C=O) groups excluding carboxylic acids is 1. The van der Waals surface area contributed by atoms with Gasteiger partial charge in [0.1, 0.15) is 11.5 Å². The van der Waals surface area contributed by atoms with Gasteiger partial charge in [0.15, 0.2) is 0 Å². The highest BCUT2D eigenvalue weighted by molar-refractivity contribution is 7.11. The van der Waals surface area contributed by atoms with Crippen molar-refractivity contribution in [2.24, 2.45) is 0 Å². The first-order valence-corrected chi connectivity index (χ1v) is 8.55. The van der Waals surface area contributed by atoms with Crippen LogP contribution in [0.5, 0.6) is 0 Å². The van der Waals surface area contributed by atoms with Gasteiger partial charge in [0.25, 0.3) is 5.91 Å². The Bertz CT molecular complexity index is 835. The second-order valence-electron chi connectivity index (χ2n) is 5.50. The maximum absolute atomic E-state index is 12.8. The van der Waals surface area contributed by atoms with Crippen LogP contribution in [0.2, 0.25) is 0 Å². The van der Waals surface area contributed by atoms with Crippen LogP contribution in [0.15, 0.2) is 61.3 Å². The van der Waals surface area contributed by atoms with E-state index in [1.54, 1.807) is 28.5 Å². The molecule has 0 radical (unpaired) electrons. The number of hydrogen-bond donors (Lipinski definition) is 1. The molecule has 2 aromatic heterocycles. The number of aromatic nitrogens is 2. The van der Waals surface area contributed by atoms with Gasteiger partial charge in [0.2, 0.25) is 0 Å². The third kappa shape index (κ3) is 3.63. The number of nitrogens with one attached hydrogen (secondary N) is 1. The van der Waals surface area contributed by atoms with Gasteiger partial charge in [-0.2, -0.15) is 0 Å². The van der Waals surface area contributed by atoms with Crippen molar-refractivity contribution in [3.05, 3.63) is 76.8 Å². The molecule has 0 aliphatic rings. The van der Waals surface area contributed by atoms with Crippen molar-refractivity contribution in [2.45, 2.75) is 13.5 Å². The molecule has 0 aliphatic carbocycles.